The maximum atomic E-state index is 13.4. The highest BCUT2D eigenvalue weighted by atomic mass is 19.1. The van der Waals surface area contributed by atoms with Crippen LogP contribution in [0.5, 0.6) is 5.75 Å². The van der Waals surface area contributed by atoms with Gasteiger partial charge in [-0.1, -0.05) is 26.3 Å². The van der Waals surface area contributed by atoms with Crippen LogP contribution in [0.1, 0.15) is 52.0 Å². The summed E-state index contributed by atoms with van der Waals surface area (Å²) in [6.45, 7) is 6.20. The van der Waals surface area contributed by atoms with Crippen LogP contribution in [0.2, 0.25) is 0 Å². The zero-order valence-electron chi connectivity index (χ0n) is 12.7. The Bertz CT molecular complexity index is 427. The summed E-state index contributed by atoms with van der Waals surface area (Å²) < 4.78 is 18.6. The molecule has 1 rings (SSSR count). The fraction of sp³-hybridized carbons (Fsp3) is 0.588. The minimum Gasteiger partial charge on any atom is -0.491 e. The number of hydrogen-bond donors (Lipinski definition) is 0. The molecule has 0 amide bonds. The van der Waals surface area contributed by atoms with Crippen LogP contribution in [0.15, 0.2) is 18.2 Å². The Morgan fingerprint density at radius 2 is 2.00 bits per heavy atom. The van der Waals surface area contributed by atoms with Crippen LogP contribution in [0.4, 0.5) is 4.39 Å². The van der Waals surface area contributed by atoms with Crippen molar-refractivity contribution in [2.45, 2.75) is 52.9 Å². The van der Waals surface area contributed by atoms with Crippen LogP contribution in [-0.4, -0.2) is 12.4 Å². The molecular weight excluding hydrogens is 255 g/mol. The lowest BCUT2D eigenvalue weighted by atomic mass is 10.0. The quantitative estimate of drug-likeness (QED) is 0.620. The summed E-state index contributed by atoms with van der Waals surface area (Å²) in [6, 6.07) is 5.04. The molecular formula is C17H25FO2. The average molecular weight is 280 g/mol. The van der Waals surface area contributed by atoms with Gasteiger partial charge in [0.1, 0.15) is 5.78 Å². The fourth-order valence-electron chi connectivity index (χ4n) is 2.06. The van der Waals surface area contributed by atoms with Crippen LogP contribution in [-0.2, 0) is 11.2 Å². The predicted octanol–water partition coefficient (Wildman–Crippen LogP) is 4.55. The van der Waals surface area contributed by atoms with Crippen molar-refractivity contribution in [2.75, 3.05) is 6.61 Å². The van der Waals surface area contributed by atoms with E-state index in [0.29, 0.717) is 24.6 Å². The Balaban J connectivity index is 2.32. The Morgan fingerprint density at radius 3 is 2.65 bits per heavy atom. The molecule has 2 nitrogen and oxygen atoms in total. The van der Waals surface area contributed by atoms with Crippen molar-refractivity contribution < 1.29 is 13.9 Å². The number of halogens is 1. The second-order valence-corrected chi connectivity index (χ2v) is 5.38. The number of unbranched alkanes of at least 4 members (excludes halogenated alkanes) is 2. The zero-order valence-corrected chi connectivity index (χ0v) is 12.7. The lowest BCUT2D eigenvalue weighted by Crippen LogP contribution is -2.06. The molecule has 0 saturated carbocycles. The van der Waals surface area contributed by atoms with Crippen molar-refractivity contribution in [2.24, 2.45) is 5.92 Å². The molecule has 0 fully saturated rings. The summed E-state index contributed by atoms with van der Waals surface area (Å²) in [4.78, 5) is 11.5. The van der Waals surface area contributed by atoms with E-state index in [1.807, 2.05) is 20.8 Å². The molecule has 112 valence electrons. The number of hydrogen-bond acceptors (Lipinski definition) is 2. The largest absolute Gasteiger partial charge is 0.491 e. The first-order valence-electron chi connectivity index (χ1n) is 7.48. The van der Waals surface area contributed by atoms with Gasteiger partial charge in [-0.25, -0.2) is 4.39 Å². The van der Waals surface area contributed by atoms with Gasteiger partial charge in [0.2, 0.25) is 0 Å². The Morgan fingerprint density at radius 1 is 1.25 bits per heavy atom. The van der Waals surface area contributed by atoms with Crippen molar-refractivity contribution in [3.05, 3.63) is 29.6 Å². The first-order valence-corrected chi connectivity index (χ1v) is 7.48. The van der Waals surface area contributed by atoms with Crippen LogP contribution in [0.3, 0.4) is 0 Å². The number of aryl methyl sites for hydroxylation is 1. The van der Waals surface area contributed by atoms with Crippen molar-refractivity contribution in [1.82, 2.24) is 0 Å². The SMILES string of the molecule is CCOc1cc(CCCCCC(=O)C(C)C)ccc1F. The number of carbonyl (C=O) groups is 1. The highest BCUT2D eigenvalue weighted by Gasteiger charge is 2.07. The van der Waals surface area contributed by atoms with Gasteiger partial charge in [0.05, 0.1) is 6.61 Å². The first kappa shape index (κ1) is 16.7. The summed E-state index contributed by atoms with van der Waals surface area (Å²) in [5, 5.41) is 0. The standard InChI is InChI=1S/C17H25FO2/c1-4-20-17-12-14(10-11-15(17)18)8-6-5-7-9-16(19)13(2)3/h10-13H,4-9H2,1-3H3. The highest BCUT2D eigenvalue weighted by Crippen LogP contribution is 2.20. The minimum atomic E-state index is -0.307. The van der Waals surface area contributed by atoms with Crippen LogP contribution in [0.25, 0.3) is 0 Å². The van der Waals surface area contributed by atoms with Gasteiger partial charge in [-0.3, -0.25) is 4.79 Å². The van der Waals surface area contributed by atoms with E-state index < -0.39 is 0 Å². The van der Waals surface area contributed by atoms with Crippen LogP contribution in [0, 0.1) is 11.7 Å². The molecule has 0 spiro atoms. The molecule has 3 heteroatoms. The van der Waals surface area contributed by atoms with Gasteiger partial charge in [0, 0.05) is 12.3 Å². The van der Waals surface area contributed by atoms with Crippen molar-refractivity contribution in [1.29, 1.82) is 0 Å². The molecule has 20 heavy (non-hydrogen) atoms. The van der Waals surface area contributed by atoms with Gasteiger partial charge >= 0.3 is 0 Å². The molecule has 0 atom stereocenters. The molecule has 0 bridgehead atoms. The molecule has 0 radical (unpaired) electrons. The molecule has 0 aliphatic heterocycles. The third-order valence-electron chi connectivity index (χ3n) is 3.33. The second-order valence-electron chi connectivity index (χ2n) is 5.38. The van der Waals surface area contributed by atoms with Crippen molar-refractivity contribution in [3.63, 3.8) is 0 Å². The van der Waals surface area contributed by atoms with E-state index in [1.165, 1.54) is 6.07 Å². The molecule has 0 aliphatic rings. The first-order chi connectivity index (χ1) is 9.54. The maximum Gasteiger partial charge on any atom is 0.165 e. The normalized spacial score (nSPS) is 10.8. The van der Waals surface area contributed by atoms with E-state index in [2.05, 4.69) is 0 Å². The van der Waals surface area contributed by atoms with Gasteiger partial charge in [-0.05, 0) is 43.9 Å². The number of carbonyl (C=O) groups excluding carboxylic acids is 1. The van der Waals surface area contributed by atoms with Crippen LogP contribution < -0.4 is 4.74 Å². The third kappa shape index (κ3) is 5.72. The third-order valence-corrected chi connectivity index (χ3v) is 3.33. The molecule has 0 N–H and O–H groups in total. The lowest BCUT2D eigenvalue weighted by Gasteiger charge is -2.08. The number of rotatable bonds is 9. The van der Waals surface area contributed by atoms with Crippen LogP contribution >= 0.6 is 0 Å². The topological polar surface area (TPSA) is 26.3 Å². The van der Waals surface area contributed by atoms with E-state index in [-0.39, 0.29) is 11.7 Å². The second kappa shape index (κ2) is 8.72. The highest BCUT2D eigenvalue weighted by molar-refractivity contribution is 5.80. The number of Topliss-reactive ketones (excluding diaryl/α,β-unsaturated/α-hetero) is 1. The van der Waals surface area contributed by atoms with Gasteiger partial charge in [-0.15, -0.1) is 0 Å². The van der Waals surface area contributed by atoms with Crippen molar-refractivity contribution >= 4 is 5.78 Å². The molecule has 0 aliphatic carbocycles. The van der Waals surface area contributed by atoms with E-state index in [0.717, 1.165) is 31.2 Å². The number of ketones is 1. The van der Waals surface area contributed by atoms with Gasteiger partial charge in [-0.2, -0.15) is 0 Å². The molecule has 0 heterocycles. The zero-order chi connectivity index (χ0) is 15.0. The predicted molar refractivity (Wildman–Crippen MR) is 79.6 cm³/mol. The maximum absolute atomic E-state index is 13.4. The summed E-state index contributed by atoms with van der Waals surface area (Å²) in [5.41, 5.74) is 1.09. The van der Waals surface area contributed by atoms with E-state index in [1.54, 1.807) is 12.1 Å². The minimum absolute atomic E-state index is 0.140. The molecule has 0 unspecified atom stereocenters. The smallest absolute Gasteiger partial charge is 0.165 e. The summed E-state index contributed by atoms with van der Waals surface area (Å²) >= 11 is 0. The molecule has 1 aromatic carbocycles. The van der Waals surface area contributed by atoms with E-state index >= 15 is 0 Å². The van der Waals surface area contributed by atoms with Gasteiger partial charge in [0.25, 0.3) is 0 Å². The Labute approximate surface area is 121 Å². The summed E-state index contributed by atoms with van der Waals surface area (Å²) in [7, 11) is 0. The van der Waals surface area contributed by atoms with E-state index in [4.69, 9.17) is 4.74 Å². The van der Waals surface area contributed by atoms with E-state index in [9.17, 15) is 9.18 Å². The molecule has 1 aromatic rings. The average Bonchev–Trinajstić information content (AvgIpc) is 2.41. The van der Waals surface area contributed by atoms with Gasteiger partial charge < -0.3 is 4.74 Å². The molecule has 0 saturated heterocycles. The summed E-state index contributed by atoms with van der Waals surface area (Å²) in [6.07, 6.45) is 4.56. The Kier molecular flexibility index (Phi) is 7.27. The Hall–Kier alpha value is -1.38. The molecule has 0 aromatic heterocycles. The van der Waals surface area contributed by atoms with Crippen molar-refractivity contribution in [3.8, 4) is 5.75 Å². The lowest BCUT2D eigenvalue weighted by molar-refractivity contribution is -0.122. The number of ether oxygens (including phenoxy) is 1. The monoisotopic (exact) mass is 280 g/mol. The summed E-state index contributed by atoms with van der Waals surface area (Å²) in [5.74, 6) is 0.504. The number of benzene rings is 1. The van der Waals surface area contributed by atoms with Gasteiger partial charge in [0.15, 0.2) is 11.6 Å². The fourth-order valence-corrected chi connectivity index (χ4v) is 2.06.